The number of hydrogen-bond donors (Lipinski definition) is 1. The molecule has 1 heterocycles. The Morgan fingerprint density at radius 3 is 1.90 bits per heavy atom. The fraction of sp³-hybridized carbons (Fsp3) is 0.457. The van der Waals surface area contributed by atoms with Crippen LogP contribution in [-0.4, -0.2) is 70.1 Å². The van der Waals surface area contributed by atoms with Crippen LogP contribution in [0.15, 0.2) is 115 Å². The van der Waals surface area contributed by atoms with Gasteiger partial charge in [-0.3, -0.25) is 4.55 Å². The maximum absolute atomic E-state index is 12.8. The summed E-state index contributed by atoms with van der Waals surface area (Å²) < 4.78 is 85.7. The third-order valence-corrected chi connectivity index (χ3v) is 11.6. The van der Waals surface area contributed by atoms with Gasteiger partial charge in [0.1, 0.15) is 67.9 Å². The molecule has 0 aromatic heterocycles. The molecule has 8 atom stereocenters. The van der Waals surface area contributed by atoms with Gasteiger partial charge in [-0.1, -0.05) is 117 Å². The van der Waals surface area contributed by atoms with Crippen LogP contribution in [0.1, 0.15) is 61.8 Å². The molecule has 12 heteroatoms. The van der Waals surface area contributed by atoms with Crippen molar-refractivity contribution >= 4 is 10.4 Å². The van der Waals surface area contributed by atoms with E-state index in [4.69, 9.17) is 37.3 Å². The standard InChI is InChI=1S/C46H56O11S/c1-4-39-37(25-41(40(39)5-2)52-29-36-21-23-38(50-3)24-22-36)26-42-45(57-58(47,48)49)46(54-30-35-19-13-8-14-20-35)44(56-32-55-42)43(53-28-34-17-11-7-12-18-34)31-51-27-33-15-9-6-10-16-33/h6-24,39-46H,4-5,25-32H2,1-3H3/p+1/t39-,40+,41+,42+,43+,44+,45+,46+/m0/s1. The van der Waals surface area contributed by atoms with Gasteiger partial charge in [-0.2, -0.15) is 8.42 Å². The summed E-state index contributed by atoms with van der Waals surface area (Å²) in [5, 5.41) is 0. The summed E-state index contributed by atoms with van der Waals surface area (Å²) in [4.78, 5) is 0. The van der Waals surface area contributed by atoms with Gasteiger partial charge in [0.15, 0.2) is 0 Å². The van der Waals surface area contributed by atoms with Gasteiger partial charge in [0.2, 0.25) is 0 Å². The van der Waals surface area contributed by atoms with Crippen molar-refractivity contribution in [1.29, 1.82) is 0 Å². The second kappa shape index (κ2) is 22.0. The first kappa shape index (κ1) is 43.8. The molecule has 2 aliphatic rings. The van der Waals surface area contributed by atoms with E-state index in [-0.39, 0.29) is 44.6 Å². The minimum atomic E-state index is -5.00. The summed E-state index contributed by atoms with van der Waals surface area (Å²) in [5.74, 6) is 2.41. The third-order valence-electron chi connectivity index (χ3n) is 11.1. The highest BCUT2D eigenvalue weighted by molar-refractivity contribution is 7.80. The molecule has 1 saturated heterocycles. The molecule has 312 valence electrons. The molecule has 2 fully saturated rings. The van der Waals surface area contributed by atoms with Crippen molar-refractivity contribution in [2.24, 2.45) is 11.8 Å². The number of rotatable bonds is 21. The van der Waals surface area contributed by atoms with E-state index >= 15 is 0 Å². The van der Waals surface area contributed by atoms with Gasteiger partial charge in [0.05, 0.1) is 46.1 Å². The molecule has 1 aliphatic carbocycles. The average molecular weight is 818 g/mol. The molecule has 1 N–H and O–H groups in total. The average Bonchev–Trinajstić information content (AvgIpc) is 3.50. The maximum Gasteiger partial charge on any atom is 0.397 e. The monoisotopic (exact) mass is 817 g/mol. The van der Waals surface area contributed by atoms with Crippen molar-refractivity contribution in [3.05, 3.63) is 143 Å². The predicted octanol–water partition coefficient (Wildman–Crippen LogP) is 8.32. The van der Waals surface area contributed by atoms with Gasteiger partial charge < -0.3 is 33.2 Å². The summed E-state index contributed by atoms with van der Waals surface area (Å²) in [6.45, 7) is 5.32. The van der Waals surface area contributed by atoms with E-state index in [0.717, 1.165) is 40.8 Å². The summed E-state index contributed by atoms with van der Waals surface area (Å²) >= 11 is 0. The molecule has 0 amide bonds. The molecule has 4 aromatic rings. The van der Waals surface area contributed by atoms with Gasteiger partial charge >= 0.3 is 10.4 Å². The molecule has 0 unspecified atom stereocenters. The van der Waals surface area contributed by atoms with Crippen LogP contribution in [0.5, 0.6) is 5.75 Å². The zero-order valence-electron chi connectivity index (χ0n) is 33.6. The van der Waals surface area contributed by atoms with Crippen molar-refractivity contribution in [3.8, 4) is 5.75 Å². The molecule has 0 bridgehead atoms. The van der Waals surface area contributed by atoms with Crippen molar-refractivity contribution in [1.82, 2.24) is 0 Å². The number of ether oxygens (including phenoxy) is 7. The second-order valence-electron chi connectivity index (χ2n) is 14.9. The number of hydrogen-bond acceptors (Lipinski definition) is 10. The quantitative estimate of drug-likeness (QED) is 0.0644. The van der Waals surface area contributed by atoms with Gasteiger partial charge in [0.25, 0.3) is 0 Å². The fourth-order valence-electron chi connectivity index (χ4n) is 8.25. The van der Waals surface area contributed by atoms with Crippen LogP contribution >= 0.6 is 0 Å². The lowest BCUT2D eigenvalue weighted by Gasteiger charge is -2.35. The molecule has 0 spiro atoms. The summed E-state index contributed by atoms with van der Waals surface area (Å²) in [5.41, 5.74) is 3.82. The lowest BCUT2D eigenvalue weighted by Crippen LogP contribution is -2.53. The van der Waals surface area contributed by atoms with Crippen LogP contribution in [0.3, 0.4) is 0 Å². The SMILES string of the molecule is CC[C@H]1[C@H](OCc2ccc(OC)cc2)C[C+](C[C@H]2OCO[C@H]([C@@H](COCc3ccccc3)OCc3ccccc3)[C@@H](OCc3ccccc3)[C@@H]2OS(=O)(=O)O)[C@@H]1CC. The van der Waals surface area contributed by atoms with E-state index in [9.17, 15) is 13.0 Å². The highest BCUT2D eigenvalue weighted by atomic mass is 32.3. The molecule has 6 rings (SSSR count). The predicted molar refractivity (Wildman–Crippen MR) is 219 cm³/mol. The van der Waals surface area contributed by atoms with Crippen molar-refractivity contribution in [2.45, 2.75) is 103 Å². The zero-order valence-corrected chi connectivity index (χ0v) is 34.4. The lowest BCUT2D eigenvalue weighted by atomic mass is 9.81. The molecule has 1 aliphatic heterocycles. The van der Waals surface area contributed by atoms with Gasteiger partial charge in [0, 0.05) is 5.92 Å². The maximum atomic E-state index is 12.8. The van der Waals surface area contributed by atoms with Crippen LogP contribution in [0, 0.1) is 17.8 Å². The lowest BCUT2D eigenvalue weighted by molar-refractivity contribution is -0.183. The Kier molecular flexibility index (Phi) is 16.6. The molecular weight excluding hydrogens is 761 g/mol. The highest BCUT2D eigenvalue weighted by Gasteiger charge is 2.55. The zero-order chi connectivity index (χ0) is 40.7. The Labute approximate surface area is 343 Å². The van der Waals surface area contributed by atoms with E-state index < -0.39 is 40.9 Å². The number of methoxy groups -OCH3 is 1. The molecule has 11 nitrogen and oxygen atoms in total. The third kappa shape index (κ3) is 12.6. The highest BCUT2D eigenvalue weighted by Crippen LogP contribution is 2.47. The Hall–Kier alpha value is -3.82. The van der Waals surface area contributed by atoms with E-state index in [1.165, 1.54) is 5.92 Å². The topological polar surface area (TPSA) is 128 Å². The first-order valence-corrected chi connectivity index (χ1v) is 21.5. The fourth-order valence-corrected chi connectivity index (χ4v) is 8.76. The minimum Gasteiger partial charge on any atom is -0.497 e. The Balaban J connectivity index is 1.28. The van der Waals surface area contributed by atoms with E-state index in [2.05, 4.69) is 13.8 Å². The molecule has 1 saturated carbocycles. The molecule has 4 aromatic carbocycles. The minimum absolute atomic E-state index is 0.0505. The second-order valence-corrected chi connectivity index (χ2v) is 15.9. The summed E-state index contributed by atoms with van der Waals surface area (Å²) in [6, 6.07) is 36.9. The smallest absolute Gasteiger partial charge is 0.397 e. The van der Waals surface area contributed by atoms with Gasteiger partial charge in [-0.25, -0.2) is 4.18 Å². The largest absolute Gasteiger partial charge is 0.497 e. The Morgan fingerprint density at radius 1 is 0.724 bits per heavy atom. The Morgan fingerprint density at radius 2 is 1.31 bits per heavy atom. The van der Waals surface area contributed by atoms with Crippen LogP contribution in [-0.2, 0) is 69.4 Å². The van der Waals surface area contributed by atoms with Crippen LogP contribution in [0.4, 0.5) is 0 Å². The first-order chi connectivity index (χ1) is 28.2. The first-order valence-electron chi connectivity index (χ1n) is 20.1. The summed E-state index contributed by atoms with van der Waals surface area (Å²) in [6.07, 6.45) is -2.21. The van der Waals surface area contributed by atoms with Crippen LogP contribution in [0.2, 0.25) is 0 Å². The summed E-state index contributed by atoms with van der Waals surface area (Å²) in [7, 11) is -3.36. The van der Waals surface area contributed by atoms with Crippen LogP contribution < -0.4 is 4.74 Å². The van der Waals surface area contributed by atoms with E-state index in [1.54, 1.807) is 7.11 Å². The normalized spacial score (nSPS) is 24.3. The van der Waals surface area contributed by atoms with Crippen molar-refractivity contribution < 1.29 is 50.3 Å². The van der Waals surface area contributed by atoms with E-state index in [1.807, 2.05) is 115 Å². The van der Waals surface area contributed by atoms with Crippen molar-refractivity contribution in [2.75, 3.05) is 20.5 Å². The van der Waals surface area contributed by atoms with Crippen LogP contribution in [0.25, 0.3) is 0 Å². The molecule has 0 radical (unpaired) electrons. The van der Waals surface area contributed by atoms with E-state index in [0.29, 0.717) is 26.1 Å². The number of benzene rings is 4. The van der Waals surface area contributed by atoms with Crippen molar-refractivity contribution in [3.63, 3.8) is 0 Å². The molecule has 58 heavy (non-hydrogen) atoms. The van der Waals surface area contributed by atoms with Gasteiger partial charge in [-0.05, 0) is 47.2 Å². The van der Waals surface area contributed by atoms with Gasteiger partial charge in [-0.15, -0.1) is 0 Å². The molecular formula is C46H57O11S+. The Bertz CT molecular complexity index is 1860.